The van der Waals surface area contributed by atoms with Crippen LogP contribution in [0.15, 0.2) is 60.7 Å². The molecular formula is C24H30O6. The summed E-state index contributed by atoms with van der Waals surface area (Å²) in [4.78, 5) is 10.9. The Hall–Kier alpha value is -2.25. The molecule has 1 aliphatic carbocycles. The van der Waals surface area contributed by atoms with Crippen molar-refractivity contribution in [2.45, 2.75) is 50.3 Å². The van der Waals surface area contributed by atoms with Gasteiger partial charge in [0.25, 0.3) is 0 Å². The number of benzene rings is 2. The summed E-state index contributed by atoms with van der Waals surface area (Å²) in [5, 5.41) is 20.8. The van der Waals surface area contributed by atoms with E-state index in [2.05, 4.69) is 0 Å². The molecule has 6 nitrogen and oxygen atoms in total. The Morgan fingerprint density at radius 1 is 1.00 bits per heavy atom. The van der Waals surface area contributed by atoms with Gasteiger partial charge in [0.1, 0.15) is 24.7 Å². The second-order valence-electron chi connectivity index (χ2n) is 7.62. The Balaban J connectivity index is 1.51. The lowest BCUT2D eigenvalue weighted by atomic mass is 9.97. The van der Waals surface area contributed by atoms with Crippen molar-refractivity contribution in [3.8, 4) is 5.75 Å². The maximum absolute atomic E-state index is 10.9. The van der Waals surface area contributed by atoms with E-state index in [1.54, 1.807) is 0 Å². The Morgan fingerprint density at radius 3 is 2.40 bits per heavy atom. The van der Waals surface area contributed by atoms with Crippen molar-refractivity contribution in [2.24, 2.45) is 5.92 Å². The van der Waals surface area contributed by atoms with Crippen LogP contribution in [0.3, 0.4) is 0 Å². The number of carbonyl (C=O) groups excluding carboxylic acids is 1. The summed E-state index contributed by atoms with van der Waals surface area (Å²) in [6.07, 6.45) is 0.0395. The molecule has 0 saturated heterocycles. The molecule has 0 spiro atoms. The molecule has 0 radical (unpaired) electrons. The van der Waals surface area contributed by atoms with Crippen molar-refractivity contribution in [3.63, 3.8) is 0 Å². The third-order valence-electron chi connectivity index (χ3n) is 5.34. The summed E-state index contributed by atoms with van der Waals surface area (Å²) >= 11 is 0. The third kappa shape index (κ3) is 6.64. The summed E-state index contributed by atoms with van der Waals surface area (Å²) < 4.78 is 17.5. The lowest BCUT2D eigenvalue weighted by Gasteiger charge is -2.26. The maximum atomic E-state index is 10.9. The van der Waals surface area contributed by atoms with Gasteiger partial charge in [-0.1, -0.05) is 48.5 Å². The number of ether oxygens (including phenoxy) is 3. The summed E-state index contributed by atoms with van der Waals surface area (Å²) in [5.41, 5.74) is 1.05. The Morgan fingerprint density at radius 2 is 1.70 bits per heavy atom. The van der Waals surface area contributed by atoms with E-state index in [0.717, 1.165) is 11.8 Å². The van der Waals surface area contributed by atoms with Gasteiger partial charge in [-0.2, -0.15) is 0 Å². The monoisotopic (exact) mass is 414 g/mol. The van der Waals surface area contributed by atoms with Crippen LogP contribution in [0.5, 0.6) is 5.75 Å². The highest BCUT2D eigenvalue weighted by atomic mass is 16.5. The highest BCUT2D eigenvalue weighted by molar-refractivity contribution is 5.49. The zero-order chi connectivity index (χ0) is 21.2. The molecule has 0 amide bonds. The van der Waals surface area contributed by atoms with E-state index in [4.69, 9.17) is 14.2 Å². The number of para-hydroxylation sites is 1. The smallest absolute Gasteiger partial charge is 0.120 e. The minimum atomic E-state index is -0.826. The van der Waals surface area contributed by atoms with Gasteiger partial charge in [0.2, 0.25) is 0 Å². The lowest BCUT2D eigenvalue weighted by Crippen LogP contribution is -2.35. The first-order chi connectivity index (χ1) is 14.7. The summed E-state index contributed by atoms with van der Waals surface area (Å²) in [7, 11) is 0. The molecular weight excluding hydrogens is 384 g/mol. The Kier molecular flexibility index (Phi) is 8.83. The number of aliphatic hydroxyl groups is 2. The van der Waals surface area contributed by atoms with E-state index in [1.807, 2.05) is 60.7 Å². The number of hydrogen-bond donors (Lipinski definition) is 2. The van der Waals surface area contributed by atoms with Crippen LogP contribution in [0.1, 0.15) is 24.8 Å². The predicted octanol–water partition coefficient (Wildman–Crippen LogP) is 2.76. The normalized spacial score (nSPS) is 24.5. The molecule has 3 rings (SSSR count). The van der Waals surface area contributed by atoms with E-state index in [9.17, 15) is 15.0 Å². The van der Waals surface area contributed by atoms with Crippen molar-refractivity contribution in [2.75, 3.05) is 13.2 Å². The minimum absolute atomic E-state index is 0.0392. The fourth-order valence-corrected chi connectivity index (χ4v) is 3.84. The van der Waals surface area contributed by atoms with Gasteiger partial charge in [-0.05, 0) is 24.1 Å². The molecule has 5 atom stereocenters. The van der Waals surface area contributed by atoms with Gasteiger partial charge in [0.05, 0.1) is 31.5 Å². The predicted molar refractivity (Wildman–Crippen MR) is 112 cm³/mol. The highest BCUT2D eigenvalue weighted by Gasteiger charge is 2.43. The molecule has 0 aliphatic heterocycles. The number of rotatable bonds is 12. The van der Waals surface area contributed by atoms with Gasteiger partial charge >= 0.3 is 0 Å². The first-order valence-corrected chi connectivity index (χ1v) is 10.4. The van der Waals surface area contributed by atoms with E-state index < -0.39 is 18.3 Å². The SMILES string of the molecule is O=CCC[C@H]1[C@H](OCC(O)COc2ccccc2)[C@@H](O)C[C@H]1OCc1ccccc1. The van der Waals surface area contributed by atoms with Crippen molar-refractivity contribution >= 4 is 6.29 Å². The summed E-state index contributed by atoms with van der Waals surface area (Å²) in [6.45, 7) is 0.577. The highest BCUT2D eigenvalue weighted by Crippen LogP contribution is 2.35. The first-order valence-electron chi connectivity index (χ1n) is 10.4. The standard InChI is InChI=1S/C24H30O6/c25-13-7-12-21-23(29-15-18-8-3-1-4-9-18)14-22(27)24(21)30-17-19(26)16-28-20-10-5-2-6-11-20/h1-6,8-11,13,19,21-24,26-27H,7,12,14-17H2/t19?,21-,22+,23-,24+/m1/s1. The molecule has 1 saturated carbocycles. The topological polar surface area (TPSA) is 85.2 Å². The number of carbonyl (C=O) groups is 1. The van der Waals surface area contributed by atoms with Crippen LogP contribution >= 0.6 is 0 Å². The number of hydrogen-bond acceptors (Lipinski definition) is 6. The Labute approximate surface area is 177 Å². The van der Waals surface area contributed by atoms with Crippen molar-refractivity contribution in [1.29, 1.82) is 0 Å². The van der Waals surface area contributed by atoms with Crippen molar-refractivity contribution in [3.05, 3.63) is 66.2 Å². The second kappa shape index (κ2) is 11.8. The molecule has 2 N–H and O–H groups in total. The van der Waals surface area contributed by atoms with E-state index in [1.165, 1.54) is 0 Å². The fourth-order valence-electron chi connectivity index (χ4n) is 3.84. The molecule has 30 heavy (non-hydrogen) atoms. The third-order valence-corrected chi connectivity index (χ3v) is 5.34. The van der Waals surface area contributed by atoms with Gasteiger partial charge in [-0.15, -0.1) is 0 Å². The number of aliphatic hydroxyl groups excluding tert-OH is 2. The lowest BCUT2D eigenvalue weighted by molar-refractivity contribution is -0.109. The van der Waals surface area contributed by atoms with Gasteiger partial charge in [0.15, 0.2) is 0 Å². The second-order valence-corrected chi connectivity index (χ2v) is 7.62. The molecule has 1 aliphatic rings. The van der Waals surface area contributed by atoms with Gasteiger partial charge in [-0.3, -0.25) is 0 Å². The van der Waals surface area contributed by atoms with Gasteiger partial charge in [-0.25, -0.2) is 0 Å². The molecule has 0 heterocycles. The molecule has 2 aromatic carbocycles. The van der Waals surface area contributed by atoms with E-state index in [-0.39, 0.29) is 25.2 Å². The van der Waals surface area contributed by atoms with Crippen LogP contribution in [0, 0.1) is 5.92 Å². The molecule has 1 fully saturated rings. The zero-order valence-electron chi connectivity index (χ0n) is 17.0. The van der Waals surface area contributed by atoms with Crippen LogP contribution in [0.25, 0.3) is 0 Å². The van der Waals surface area contributed by atoms with Crippen LogP contribution in [-0.2, 0) is 20.9 Å². The van der Waals surface area contributed by atoms with Crippen LogP contribution < -0.4 is 4.74 Å². The molecule has 2 aromatic rings. The quantitative estimate of drug-likeness (QED) is 0.520. The van der Waals surface area contributed by atoms with Crippen LogP contribution in [0.4, 0.5) is 0 Å². The summed E-state index contributed by atoms with van der Waals surface area (Å²) in [6, 6.07) is 19.1. The maximum Gasteiger partial charge on any atom is 0.120 e. The molecule has 0 bridgehead atoms. The molecule has 1 unspecified atom stereocenters. The van der Waals surface area contributed by atoms with Crippen LogP contribution in [-0.4, -0.2) is 54.1 Å². The molecule has 162 valence electrons. The van der Waals surface area contributed by atoms with Crippen molar-refractivity contribution in [1.82, 2.24) is 0 Å². The Bertz CT molecular complexity index is 738. The van der Waals surface area contributed by atoms with Gasteiger partial charge in [0, 0.05) is 18.8 Å². The van der Waals surface area contributed by atoms with Gasteiger partial charge < -0.3 is 29.2 Å². The largest absolute Gasteiger partial charge is 0.491 e. The fraction of sp³-hybridized carbons (Fsp3) is 0.458. The minimum Gasteiger partial charge on any atom is -0.491 e. The average Bonchev–Trinajstić information content (AvgIpc) is 3.08. The zero-order valence-corrected chi connectivity index (χ0v) is 17.0. The van der Waals surface area contributed by atoms with E-state index in [0.29, 0.717) is 31.6 Å². The first kappa shape index (κ1) is 22.4. The number of aldehydes is 1. The van der Waals surface area contributed by atoms with Crippen LogP contribution in [0.2, 0.25) is 0 Å². The summed E-state index contributed by atoms with van der Waals surface area (Å²) in [5.74, 6) is 0.562. The molecule has 0 aromatic heterocycles. The average molecular weight is 414 g/mol. The van der Waals surface area contributed by atoms with E-state index >= 15 is 0 Å². The van der Waals surface area contributed by atoms with Crippen molar-refractivity contribution < 1.29 is 29.2 Å². The molecule has 6 heteroatoms.